The fourth-order valence-electron chi connectivity index (χ4n) is 11.1. The van der Waals surface area contributed by atoms with E-state index in [9.17, 15) is 0 Å². The molecule has 0 heterocycles. The molecule has 288 valence electrons. The first-order chi connectivity index (χ1) is 30.8. The average molecular weight is 786 g/mol. The van der Waals surface area contributed by atoms with Crippen molar-refractivity contribution in [2.75, 3.05) is 4.90 Å². The number of rotatable bonds is 5. The van der Waals surface area contributed by atoms with Crippen LogP contribution in [0.3, 0.4) is 0 Å². The molecule has 0 N–H and O–H groups in total. The molecule has 11 aromatic carbocycles. The molecule has 0 fully saturated rings. The lowest BCUT2D eigenvalue weighted by molar-refractivity contribution is 0.755. The highest BCUT2D eigenvalue weighted by molar-refractivity contribution is 6.12. The Morgan fingerprint density at radius 2 is 0.790 bits per heavy atom. The Labute approximate surface area is 361 Å². The standard InChI is InChI=1S/C61H39N/c1-4-16-40(17-5-1)45-33-36-50-52-28-12-21-43-23-14-30-54(58(43)52)61(56(50)38-45)55-31-15-24-44-22-13-29-53(59(44)55)51-37-34-47(39-57(51)61)62(46-25-8-3-9-26-46)60-48-27-11-10-20-42(48)32-35-49(60)41-18-6-2-7-19-41/h1-39H. The smallest absolute Gasteiger partial charge is 0.0726 e. The van der Waals surface area contributed by atoms with E-state index in [1.54, 1.807) is 0 Å². The highest BCUT2D eigenvalue weighted by Crippen LogP contribution is 2.62. The van der Waals surface area contributed by atoms with Crippen LogP contribution < -0.4 is 4.90 Å². The van der Waals surface area contributed by atoms with Crippen molar-refractivity contribution in [2.24, 2.45) is 0 Å². The zero-order chi connectivity index (χ0) is 40.8. The molecule has 0 aromatic heterocycles. The van der Waals surface area contributed by atoms with Crippen LogP contribution in [-0.2, 0) is 5.41 Å². The summed E-state index contributed by atoms with van der Waals surface area (Å²) in [6.07, 6.45) is 0. The van der Waals surface area contributed by atoms with Crippen LogP contribution in [0.5, 0.6) is 0 Å². The predicted octanol–water partition coefficient (Wildman–Crippen LogP) is 16.3. The van der Waals surface area contributed by atoms with Crippen LogP contribution in [0.4, 0.5) is 17.1 Å². The summed E-state index contributed by atoms with van der Waals surface area (Å²) in [7, 11) is 0. The number of hydrogen-bond donors (Lipinski definition) is 0. The van der Waals surface area contributed by atoms with Gasteiger partial charge in [-0.2, -0.15) is 0 Å². The van der Waals surface area contributed by atoms with Crippen LogP contribution in [0.1, 0.15) is 22.3 Å². The summed E-state index contributed by atoms with van der Waals surface area (Å²) in [5.41, 5.74) is 17.9. The van der Waals surface area contributed by atoms with Gasteiger partial charge in [-0.15, -0.1) is 0 Å². The summed E-state index contributed by atoms with van der Waals surface area (Å²) in [6, 6.07) is 88.3. The molecule has 2 aliphatic carbocycles. The van der Waals surface area contributed by atoms with Crippen molar-refractivity contribution in [1.82, 2.24) is 0 Å². The Bertz CT molecular complexity index is 3550. The molecule has 13 rings (SSSR count). The second-order valence-corrected chi connectivity index (χ2v) is 16.7. The van der Waals surface area contributed by atoms with Crippen molar-refractivity contribution < 1.29 is 0 Å². The third kappa shape index (κ3) is 4.91. The minimum Gasteiger partial charge on any atom is -0.309 e. The van der Waals surface area contributed by atoms with Gasteiger partial charge in [0, 0.05) is 22.3 Å². The molecule has 11 aromatic rings. The summed E-state index contributed by atoms with van der Waals surface area (Å²) in [4.78, 5) is 2.51. The van der Waals surface area contributed by atoms with Gasteiger partial charge in [0.2, 0.25) is 0 Å². The number of hydrogen-bond acceptors (Lipinski definition) is 1. The third-order valence-electron chi connectivity index (χ3n) is 13.6. The van der Waals surface area contributed by atoms with Gasteiger partial charge < -0.3 is 4.90 Å². The number of para-hydroxylation sites is 1. The maximum atomic E-state index is 2.54. The third-order valence-corrected chi connectivity index (χ3v) is 13.6. The molecule has 1 atom stereocenters. The second kappa shape index (κ2) is 13.5. The van der Waals surface area contributed by atoms with E-state index < -0.39 is 5.41 Å². The number of benzene rings is 11. The van der Waals surface area contributed by atoms with Gasteiger partial charge in [-0.25, -0.2) is 0 Å². The van der Waals surface area contributed by atoms with Crippen molar-refractivity contribution >= 4 is 49.4 Å². The Morgan fingerprint density at radius 3 is 1.45 bits per heavy atom. The number of anilines is 3. The van der Waals surface area contributed by atoms with Gasteiger partial charge in [-0.1, -0.05) is 206 Å². The molecule has 0 aliphatic heterocycles. The summed E-state index contributed by atoms with van der Waals surface area (Å²) >= 11 is 0. The maximum absolute atomic E-state index is 2.54. The molecule has 0 bridgehead atoms. The van der Waals surface area contributed by atoms with Gasteiger partial charge >= 0.3 is 0 Å². The Kier molecular flexibility index (Phi) is 7.59. The summed E-state index contributed by atoms with van der Waals surface area (Å²) in [5.74, 6) is 0. The van der Waals surface area contributed by atoms with Gasteiger partial charge in [0.15, 0.2) is 0 Å². The number of nitrogens with zero attached hydrogens (tertiary/aromatic N) is 1. The van der Waals surface area contributed by atoms with Gasteiger partial charge in [0.05, 0.1) is 11.1 Å². The molecule has 62 heavy (non-hydrogen) atoms. The van der Waals surface area contributed by atoms with E-state index in [-0.39, 0.29) is 0 Å². The average Bonchev–Trinajstić information content (AvgIpc) is 3.35. The van der Waals surface area contributed by atoms with E-state index in [1.165, 1.54) is 99.1 Å². The topological polar surface area (TPSA) is 3.24 Å². The number of fused-ring (bicyclic) bond motifs is 9. The Balaban J connectivity index is 1.20. The zero-order valence-corrected chi connectivity index (χ0v) is 34.0. The minimum absolute atomic E-state index is 0.656. The quantitative estimate of drug-likeness (QED) is 0.168. The van der Waals surface area contributed by atoms with E-state index in [1.807, 2.05) is 0 Å². The van der Waals surface area contributed by atoms with E-state index in [2.05, 4.69) is 241 Å². The normalized spacial score (nSPS) is 14.5. The lowest BCUT2D eigenvalue weighted by Gasteiger charge is -2.46. The molecule has 0 amide bonds. The minimum atomic E-state index is -0.656. The zero-order valence-electron chi connectivity index (χ0n) is 34.0. The predicted molar refractivity (Wildman–Crippen MR) is 261 cm³/mol. The highest BCUT2D eigenvalue weighted by atomic mass is 15.1. The van der Waals surface area contributed by atoms with E-state index in [0.29, 0.717) is 0 Å². The lowest BCUT2D eigenvalue weighted by Crippen LogP contribution is -2.36. The monoisotopic (exact) mass is 785 g/mol. The van der Waals surface area contributed by atoms with Crippen LogP contribution in [-0.4, -0.2) is 0 Å². The molecular formula is C61H39N. The van der Waals surface area contributed by atoms with Gasteiger partial charge in [0.25, 0.3) is 0 Å². The molecule has 0 saturated heterocycles. The first-order valence-electron chi connectivity index (χ1n) is 21.6. The van der Waals surface area contributed by atoms with Crippen molar-refractivity contribution in [3.63, 3.8) is 0 Å². The van der Waals surface area contributed by atoms with Crippen LogP contribution in [0.2, 0.25) is 0 Å². The fourth-order valence-corrected chi connectivity index (χ4v) is 11.1. The first kappa shape index (κ1) is 34.8. The molecule has 1 heteroatoms. The summed E-state index contributed by atoms with van der Waals surface area (Å²) in [5, 5.41) is 7.57. The molecule has 1 nitrogen and oxygen atoms in total. The maximum Gasteiger partial charge on any atom is 0.0726 e. The van der Waals surface area contributed by atoms with E-state index in [4.69, 9.17) is 0 Å². The van der Waals surface area contributed by atoms with E-state index in [0.717, 1.165) is 17.1 Å². The largest absolute Gasteiger partial charge is 0.309 e. The molecule has 2 aliphatic rings. The van der Waals surface area contributed by atoms with Crippen molar-refractivity contribution in [3.8, 4) is 44.5 Å². The molecule has 1 unspecified atom stereocenters. The molecule has 0 radical (unpaired) electrons. The Morgan fingerprint density at radius 1 is 0.274 bits per heavy atom. The highest BCUT2D eigenvalue weighted by Gasteiger charge is 2.49. The first-order valence-corrected chi connectivity index (χ1v) is 21.6. The molecule has 0 saturated carbocycles. The van der Waals surface area contributed by atoms with Gasteiger partial charge in [0.1, 0.15) is 0 Å². The van der Waals surface area contributed by atoms with Crippen LogP contribution in [0.15, 0.2) is 237 Å². The van der Waals surface area contributed by atoms with Crippen LogP contribution >= 0.6 is 0 Å². The second-order valence-electron chi connectivity index (χ2n) is 16.7. The van der Waals surface area contributed by atoms with E-state index >= 15 is 0 Å². The van der Waals surface area contributed by atoms with Crippen molar-refractivity contribution in [2.45, 2.75) is 5.41 Å². The molecular weight excluding hydrogens is 747 g/mol. The van der Waals surface area contributed by atoms with Gasteiger partial charge in [-0.05, 0) is 118 Å². The van der Waals surface area contributed by atoms with Crippen molar-refractivity contribution in [1.29, 1.82) is 0 Å². The van der Waals surface area contributed by atoms with Crippen LogP contribution in [0, 0.1) is 0 Å². The SMILES string of the molecule is c1ccc(-c2ccc3c(c2)C2(c4cc(N(c5ccccc5)c5c(-c6ccccc6)ccc6ccccc56)ccc4-c4cccc5cccc2c45)c2cccc4cccc-3c24)cc1. The molecule has 1 spiro atoms. The summed E-state index contributed by atoms with van der Waals surface area (Å²) < 4.78 is 0. The fraction of sp³-hybridized carbons (Fsp3) is 0.0164. The lowest BCUT2D eigenvalue weighted by atomic mass is 9.55. The Hall–Kier alpha value is -8.00. The van der Waals surface area contributed by atoms with Gasteiger partial charge in [-0.3, -0.25) is 0 Å². The van der Waals surface area contributed by atoms with Crippen LogP contribution in [0.25, 0.3) is 76.8 Å². The summed E-state index contributed by atoms with van der Waals surface area (Å²) in [6.45, 7) is 0. The van der Waals surface area contributed by atoms with Crippen molar-refractivity contribution in [3.05, 3.63) is 259 Å².